The molecule has 11 N–H and O–H groups in total. The lowest BCUT2D eigenvalue weighted by Gasteiger charge is -2.16. The summed E-state index contributed by atoms with van der Waals surface area (Å²) in [5, 5.41) is 3.89. The van der Waals surface area contributed by atoms with Gasteiger partial charge in [0.25, 0.3) is 0 Å². The van der Waals surface area contributed by atoms with Crippen molar-refractivity contribution in [1.82, 2.24) is 0 Å². The van der Waals surface area contributed by atoms with Crippen molar-refractivity contribution in [2.75, 3.05) is 78.6 Å². The zero-order valence-corrected chi connectivity index (χ0v) is 68.4. The van der Waals surface area contributed by atoms with E-state index in [1.807, 2.05) is 73.2 Å². The molecule has 540 valence electrons. The molecule has 6 aromatic carbocycles. The molecular weight excluding hydrogens is 1370 g/mol. The van der Waals surface area contributed by atoms with Crippen LogP contribution in [0.3, 0.4) is 0 Å². The fourth-order valence-corrected chi connectivity index (χ4v) is 16.0. The first-order valence-electron chi connectivity index (χ1n) is 35.0. The smallest absolute Gasteiger partial charge is 0.123 e. The van der Waals surface area contributed by atoms with Crippen molar-refractivity contribution in [2.24, 2.45) is 29.4 Å². The standard InChI is InChI=1S/C16H27NOS.C16H27NS.2C15H25NS.C11H17NO.C6H2Cl5N/c1-5-7-8-13(6-2)11-19-16-10-15(18-4)12(3)9-14(16)17;1-5-7-8-14(6-2)12-18-16-10-9-13(3)11-15(16)17-4;2*1-4-6-7-13(5-2)11-17-15-9-8-12(3)10-14(15)16;1-9-4-5-11(10(2)8-9)13-7-3-6-12;7-1-2(8)4(10)6(12)5(11)3(1)9/h9-10,13H,5-8,11,17H2,1-4H3;9-11,14,17H,5-8,12H2,1-4H3;2*8-10,13H,4-7,11,16H2,1-3H3;4-5,8H,3,6-7,12H2,1-2H3;12H2. The predicted octanol–water partition coefficient (Wildman–Crippen LogP) is 26.6. The SMILES string of the molecule is CCCCC(CC)CSc1cc(OC)c(C)cc1N.CCCCC(CC)CSc1ccc(C)cc1N.CCCCC(CC)CSc1ccc(C)cc1N.CCCCC(CC)CSc1ccc(C)cc1NC.Cc1ccc(OCCCN)c(C)c1.Nc1c(Cl)c(Cl)c(Cl)c(Cl)c1Cl. The third-order valence-electron chi connectivity index (χ3n) is 16.5. The molecule has 4 atom stereocenters. The maximum Gasteiger partial charge on any atom is 0.123 e. The highest BCUT2D eigenvalue weighted by molar-refractivity contribution is 8.00. The number of halogens is 5. The number of ether oxygens (including phenoxy) is 2. The largest absolute Gasteiger partial charge is 0.496 e. The molecule has 96 heavy (non-hydrogen) atoms. The van der Waals surface area contributed by atoms with Crippen molar-refractivity contribution in [3.8, 4) is 11.5 Å². The topological polar surface area (TPSA) is 161 Å². The predicted molar refractivity (Wildman–Crippen MR) is 441 cm³/mol. The summed E-state index contributed by atoms with van der Waals surface area (Å²) < 4.78 is 10.9. The van der Waals surface area contributed by atoms with Crippen molar-refractivity contribution in [3.63, 3.8) is 0 Å². The number of nitrogens with one attached hydrogen (secondary N) is 1. The molecule has 0 bridgehead atoms. The Morgan fingerprint density at radius 1 is 0.406 bits per heavy atom. The first-order chi connectivity index (χ1) is 45.9. The summed E-state index contributed by atoms with van der Waals surface area (Å²) in [4.78, 5) is 5.02. The molecule has 0 aliphatic carbocycles. The van der Waals surface area contributed by atoms with Gasteiger partial charge in [-0.1, -0.05) is 226 Å². The van der Waals surface area contributed by atoms with Gasteiger partial charge in [0.1, 0.15) is 11.5 Å². The minimum absolute atomic E-state index is 0.113. The number of methoxy groups -OCH3 is 1. The zero-order chi connectivity index (χ0) is 72.1. The lowest BCUT2D eigenvalue weighted by Crippen LogP contribution is -2.06. The molecule has 0 spiro atoms. The number of nitrogens with two attached hydrogens (primary N) is 5. The van der Waals surface area contributed by atoms with E-state index in [-0.39, 0.29) is 30.8 Å². The summed E-state index contributed by atoms with van der Waals surface area (Å²) in [6.07, 6.45) is 22.0. The monoisotopic (exact) mass is 1490 g/mol. The zero-order valence-electron chi connectivity index (χ0n) is 61.4. The summed E-state index contributed by atoms with van der Waals surface area (Å²) in [5.41, 5.74) is 40.5. The normalized spacial score (nSPS) is 11.9. The van der Waals surface area contributed by atoms with Gasteiger partial charge >= 0.3 is 0 Å². The molecule has 0 amide bonds. The van der Waals surface area contributed by atoms with Crippen LogP contribution in [-0.2, 0) is 0 Å². The van der Waals surface area contributed by atoms with E-state index >= 15 is 0 Å². The summed E-state index contributed by atoms with van der Waals surface area (Å²) in [6, 6.07) is 29.7. The molecule has 8 nitrogen and oxygen atoms in total. The first kappa shape index (κ1) is 90.7. The van der Waals surface area contributed by atoms with Gasteiger partial charge in [0.05, 0.1) is 44.5 Å². The number of hydrogen-bond acceptors (Lipinski definition) is 12. The van der Waals surface area contributed by atoms with Crippen molar-refractivity contribution in [1.29, 1.82) is 0 Å². The van der Waals surface area contributed by atoms with E-state index in [1.165, 1.54) is 168 Å². The van der Waals surface area contributed by atoms with Gasteiger partial charge in [-0.3, -0.25) is 0 Å². The molecule has 0 fully saturated rings. The fourth-order valence-electron chi connectivity index (χ4n) is 9.87. The summed E-state index contributed by atoms with van der Waals surface area (Å²) in [5.74, 6) is 10.0. The highest BCUT2D eigenvalue weighted by atomic mass is 35.5. The quantitative estimate of drug-likeness (QED) is 0.00747. The van der Waals surface area contributed by atoms with Crippen LogP contribution >= 0.6 is 105 Å². The van der Waals surface area contributed by atoms with Crippen LogP contribution in [0.2, 0.25) is 25.1 Å². The number of anilines is 5. The van der Waals surface area contributed by atoms with Gasteiger partial charge in [-0.15, -0.1) is 47.0 Å². The number of unbranched alkanes of at least 4 members (excludes halogenated alkanes) is 4. The Hall–Kier alpha value is -3.27. The van der Waals surface area contributed by atoms with Gasteiger partial charge in [-0.2, -0.15) is 0 Å². The molecule has 0 aliphatic rings. The van der Waals surface area contributed by atoms with Crippen molar-refractivity contribution < 1.29 is 9.47 Å². The Labute approximate surface area is 626 Å². The Bertz CT molecular complexity index is 2910. The van der Waals surface area contributed by atoms with E-state index in [1.54, 1.807) is 7.11 Å². The summed E-state index contributed by atoms with van der Waals surface area (Å²) >= 11 is 36.1. The highest BCUT2D eigenvalue weighted by Gasteiger charge is 2.18. The maximum absolute atomic E-state index is 6.10. The number of hydrogen-bond donors (Lipinski definition) is 6. The minimum atomic E-state index is 0.113. The van der Waals surface area contributed by atoms with E-state index in [4.69, 9.17) is 96.1 Å². The van der Waals surface area contributed by atoms with Crippen LogP contribution in [0, 0.1) is 65.2 Å². The molecular formula is C79H123Cl5N6O2S4. The second-order valence-corrected chi connectivity index (χ2v) is 31.0. The van der Waals surface area contributed by atoms with Crippen LogP contribution in [0.5, 0.6) is 11.5 Å². The van der Waals surface area contributed by atoms with Crippen LogP contribution in [0.15, 0.2) is 105 Å². The summed E-state index contributed by atoms with van der Waals surface area (Å²) in [7, 11) is 3.72. The van der Waals surface area contributed by atoms with Crippen LogP contribution in [0.25, 0.3) is 0 Å². The van der Waals surface area contributed by atoms with E-state index < -0.39 is 0 Å². The lowest BCUT2D eigenvalue weighted by atomic mass is 10.0. The van der Waals surface area contributed by atoms with E-state index in [0.717, 1.165) is 74.9 Å². The molecule has 0 saturated carbocycles. The molecule has 6 aromatic rings. The van der Waals surface area contributed by atoms with Crippen LogP contribution in [0.1, 0.15) is 198 Å². The third-order valence-corrected chi connectivity index (χ3v) is 24.1. The number of rotatable bonds is 34. The lowest BCUT2D eigenvalue weighted by molar-refractivity contribution is 0.311. The van der Waals surface area contributed by atoms with Crippen molar-refractivity contribution in [3.05, 3.63) is 143 Å². The van der Waals surface area contributed by atoms with Crippen molar-refractivity contribution in [2.45, 2.75) is 226 Å². The van der Waals surface area contributed by atoms with Gasteiger partial charge in [-0.25, -0.2) is 0 Å². The molecule has 0 heterocycles. The Morgan fingerprint density at radius 3 is 1.11 bits per heavy atom. The van der Waals surface area contributed by atoms with Crippen molar-refractivity contribution >= 4 is 133 Å². The first-order valence-corrected chi connectivity index (χ1v) is 40.8. The van der Waals surface area contributed by atoms with Gasteiger partial charge in [0.2, 0.25) is 0 Å². The van der Waals surface area contributed by atoms with E-state index in [0.29, 0.717) is 13.2 Å². The number of benzene rings is 6. The molecule has 17 heteroatoms. The van der Waals surface area contributed by atoms with E-state index in [2.05, 4.69) is 168 Å². The molecule has 6 rings (SSSR count). The molecule has 0 aliphatic heterocycles. The maximum atomic E-state index is 6.10. The Morgan fingerprint density at radius 2 is 0.750 bits per heavy atom. The van der Waals surface area contributed by atoms with Crippen LogP contribution in [0.4, 0.5) is 28.4 Å². The minimum Gasteiger partial charge on any atom is -0.496 e. The van der Waals surface area contributed by atoms with Gasteiger partial charge < -0.3 is 43.5 Å². The van der Waals surface area contributed by atoms with Gasteiger partial charge in [0.15, 0.2) is 0 Å². The average molecular weight is 1490 g/mol. The second-order valence-electron chi connectivity index (χ2n) is 24.8. The Kier molecular flexibility index (Phi) is 50.6. The number of nitrogen functional groups attached to an aromatic ring is 4. The molecule has 0 saturated heterocycles. The molecule has 4 unspecified atom stereocenters. The van der Waals surface area contributed by atoms with Crippen LogP contribution in [-0.4, -0.2) is 50.3 Å². The molecule has 0 radical (unpaired) electrons. The highest BCUT2D eigenvalue weighted by Crippen LogP contribution is 2.45. The van der Waals surface area contributed by atoms with Gasteiger partial charge in [0, 0.05) is 72.4 Å². The fraction of sp³-hybridized carbons (Fsp3) is 0.544. The number of aryl methyl sites for hydroxylation is 6. The number of thioether (sulfide) groups is 4. The second kappa shape index (κ2) is 53.6. The Balaban J connectivity index is 0.000000580. The van der Waals surface area contributed by atoms with Crippen LogP contribution < -0.4 is 43.5 Å². The van der Waals surface area contributed by atoms with Gasteiger partial charge in [-0.05, 0) is 186 Å². The average Bonchev–Trinajstić information content (AvgIpc) is 0.824. The molecule has 0 aromatic heterocycles. The van der Waals surface area contributed by atoms with E-state index in [9.17, 15) is 0 Å². The summed E-state index contributed by atoms with van der Waals surface area (Å²) in [6.45, 7) is 32.1. The third kappa shape index (κ3) is 36.4.